The lowest BCUT2D eigenvalue weighted by Gasteiger charge is -2.07. The second kappa shape index (κ2) is 4.35. The SMILES string of the molecule is CC(C)c1ccc2c(=O)[nH]c(-n3cccn3)nc2c1. The minimum atomic E-state index is -0.147. The number of H-pyrrole nitrogens is 1. The standard InChI is InChI=1S/C14H14N4O/c1-9(2)10-4-5-11-12(8-10)16-14(17-13(11)19)18-7-3-6-15-18/h3-9H,1-2H3,(H,16,17,19). The number of nitrogens with zero attached hydrogens (tertiary/aromatic N) is 3. The molecule has 0 atom stereocenters. The molecule has 5 heteroatoms. The minimum absolute atomic E-state index is 0.147. The van der Waals surface area contributed by atoms with Crippen molar-refractivity contribution in [2.24, 2.45) is 0 Å². The largest absolute Gasteiger partial charge is 0.290 e. The fourth-order valence-corrected chi connectivity index (χ4v) is 2.01. The van der Waals surface area contributed by atoms with Crippen LogP contribution >= 0.6 is 0 Å². The predicted molar refractivity (Wildman–Crippen MR) is 73.6 cm³/mol. The Morgan fingerprint density at radius 2 is 2.16 bits per heavy atom. The van der Waals surface area contributed by atoms with Crippen molar-refractivity contribution in [3.63, 3.8) is 0 Å². The van der Waals surface area contributed by atoms with Gasteiger partial charge in [-0.05, 0) is 29.7 Å². The molecule has 0 spiro atoms. The lowest BCUT2D eigenvalue weighted by molar-refractivity contribution is 0.809. The van der Waals surface area contributed by atoms with Crippen LogP contribution in [0, 0.1) is 0 Å². The maximum Gasteiger partial charge on any atom is 0.260 e. The molecule has 0 aliphatic rings. The number of nitrogens with one attached hydrogen (secondary N) is 1. The maximum absolute atomic E-state index is 12.0. The fourth-order valence-electron chi connectivity index (χ4n) is 2.01. The lowest BCUT2D eigenvalue weighted by atomic mass is 10.0. The smallest absolute Gasteiger partial charge is 0.260 e. The van der Waals surface area contributed by atoms with Gasteiger partial charge in [0.1, 0.15) is 0 Å². The molecule has 0 radical (unpaired) electrons. The normalized spacial score (nSPS) is 11.3. The van der Waals surface area contributed by atoms with E-state index in [1.807, 2.05) is 18.2 Å². The highest BCUT2D eigenvalue weighted by Gasteiger charge is 2.07. The van der Waals surface area contributed by atoms with Gasteiger partial charge in [-0.1, -0.05) is 19.9 Å². The zero-order valence-corrected chi connectivity index (χ0v) is 10.8. The van der Waals surface area contributed by atoms with Crippen LogP contribution in [0.1, 0.15) is 25.3 Å². The highest BCUT2D eigenvalue weighted by atomic mass is 16.1. The highest BCUT2D eigenvalue weighted by molar-refractivity contribution is 5.78. The van der Waals surface area contributed by atoms with Crippen molar-refractivity contribution in [3.05, 3.63) is 52.6 Å². The molecule has 19 heavy (non-hydrogen) atoms. The van der Waals surface area contributed by atoms with Crippen LogP contribution in [0.2, 0.25) is 0 Å². The van der Waals surface area contributed by atoms with Crippen LogP contribution in [0.25, 0.3) is 16.9 Å². The first-order valence-corrected chi connectivity index (χ1v) is 6.19. The first-order valence-electron chi connectivity index (χ1n) is 6.19. The van der Waals surface area contributed by atoms with Gasteiger partial charge in [-0.2, -0.15) is 5.10 Å². The van der Waals surface area contributed by atoms with E-state index in [-0.39, 0.29) is 5.56 Å². The van der Waals surface area contributed by atoms with E-state index in [0.29, 0.717) is 22.8 Å². The summed E-state index contributed by atoms with van der Waals surface area (Å²) >= 11 is 0. The van der Waals surface area contributed by atoms with Crippen molar-refractivity contribution in [3.8, 4) is 5.95 Å². The summed E-state index contributed by atoms with van der Waals surface area (Å²) in [5.41, 5.74) is 1.71. The van der Waals surface area contributed by atoms with Crippen molar-refractivity contribution in [1.29, 1.82) is 0 Å². The molecular formula is C14H14N4O. The second-order valence-corrected chi connectivity index (χ2v) is 4.77. The van der Waals surface area contributed by atoms with E-state index >= 15 is 0 Å². The van der Waals surface area contributed by atoms with E-state index in [4.69, 9.17) is 0 Å². The van der Waals surface area contributed by atoms with Crippen molar-refractivity contribution in [2.45, 2.75) is 19.8 Å². The van der Waals surface area contributed by atoms with E-state index < -0.39 is 0 Å². The van der Waals surface area contributed by atoms with Crippen molar-refractivity contribution >= 4 is 10.9 Å². The summed E-state index contributed by atoms with van der Waals surface area (Å²) in [5.74, 6) is 0.835. The van der Waals surface area contributed by atoms with Gasteiger partial charge in [0, 0.05) is 12.4 Å². The molecular weight excluding hydrogens is 240 g/mol. The molecule has 0 aliphatic carbocycles. The van der Waals surface area contributed by atoms with Crippen LogP contribution in [-0.2, 0) is 0 Å². The summed E-state index contributed by atoms with van der Waals surface area (Å²) in [6, 6.07) is 7.54. The number of hydrogen-bond donors (Lipinski definition) is 1. The monoisotopic (exact) mass is 254 g/mol. The molecule has 5 nitrogen and oxygen atoms in total. The average Bonchev–Trinajstić information content (AvgIpc) is 2.91. The zero-order valence-electron chi connectivity index (χ0n) is 10.8. The molecule has 1 N–H and O–H groups in total. The molecule has 0 bridgehead atoms. The molecule has 1 aromatic carbocycles. The van der Waals surface area contributed by atoms with Gasteiger partial charge in [0.2, 0.25) is 5.95 Å². The number of aromatic nitrogens is 4. The van der Waals surface area contributed by atoms with Crippen LogP contribution < -0.4 is 5.56 Å². The van der Waals surface area contributed by atoms with Crippen molar-refractivity contribution < 1.29 is 0 Å². The van der Waals surface area contributed by atoms with E-state index in [9.17, 15) is 4.79 Å². The van der Waals surface area contributed by atoms with Crippen LogP contribution in [0.15, 0.2) is 41.5 Å². The molecule has 0 amide bonds. The Bertz CT molecular complexity index is 772. The third kappa shape index (κ3) is 2.03. The van der Waals surface area contributed by atoms with E-state index in [1.54, 1.807) is 23.1 Å². The van der Waals surface area contributed by atoms with Gasteiger partial charge >= 0.3 is 0 Å². The molecule has 2 heterocycles. The Morgan fingerprint density at radius 1 is 1.32 bits per heavy atom. The first-order chi connectivity index (χ1) is 9.15. The summed E-state index contributed by atoms with van der Waals surface area (Å²) in [4.78, 5) is 19.2. The summed E-state index contributed by atoms with van der Waals surface area (Å²) < 4.78 is 1.54. The Morgan fingerprint density at radius 3 is 2.84 bits per heavy atom. The number of benzene rings is 1. The Hall–Kier alpha value is -2.43. The molecule has 96 valence electrons. The Kier molecular flexibility index (Phi) is 2.67. The summed E-state index contributed by atoms with van der Waals surface area (Å²) in [6.07, 6.45) is 3.39. The molecule has 2 aromatic heterocycles. The summed E-state index contributed by atoms with van der Waals surface area (Å²) in [5, 5.41) is 4.67. The third-order valence-electron chi connectivity index (χ3n) is 3.11. The molecule has 0 unspecified atom stereocenters. The van der Waals surface area contributed by atoms with Gasteiger partial charge in [0.15, 0.2) is 0 Å². The summed E-state index contributed by atoms with van der Waals surface area (Å²) in [7, 11) is 0. The van der Waals surface area contributed by atoms with Gasteiger partial charge in [-0.3, -0.25) is 9.78 Å². The molecule has 0 fully saturated rings. The van der Waals surface area contributed by atoms with Crippen LogP contribution in [0.5, 0.6) is 0 Å². The average molecular weight is 254 g/mol. The molecule has 3 aromatic rings. The molecule has 0 saturated carbocycles. The zero-order chi connectivity index (χ0) is 13.4. The quantitative estimate of drug-likeness (QED) is 0.762. The number of hydrogen-bond acceptors (Lipinski definition) is 3. The Labute approximate surface area is 109 Å². The highest BCUT2D eigenvalue weighted by Crippen LogP contribution is 2.18. The van der Waals surface area contributed by atoms with Gasteiger partial charge in [0.05, 0.1) is 10.9 Å². The van der Waals surface area contributed by atoms with Crippen molar-refractivity contribution in [1.82, 2.24) is 19.7 Å². The van der Waals surface area contributed by atoms with E-state index in [0.717, 1.165) is 5.56 Å². The topological polar surface area (TPSA) is 63.6 Å². The molecule has 0 saturated heterocycles. The fraction of sp³-hybridized carbons (Fsp3) is 0.214. The number of aromatic amines is 1. The molecule has 3 rings (SSSR count). The maximum atomic E-state index is 12.0. The summed E-state index contributed by atoms with van der Waals surface area (Å²) in [6.45, 7) is 4.23. The van der Waals surface area contributed by atoms with Crippen LogP contribution in [-0.4, -0.2) is 19.7 Å². The van der Waals surface area contributed by atoms with Gasteiger partial charge in [0.25, 0.3) is 5.56 Å². The van der Waals surface area contributed by atoms with Gasteiger partial charge in [-0.25, -0.2) is 9.67 Å². The van der Waals surface area contributed by atoms with Crippen molar-refractivity contribution in [2.75, 3.05) is 0 Å². The van der Waals surface area contributed by atoms with Crippen LogP contribution in [0.3, 0.4) is 0 Å². The predicted octanol–water partition coefficient (Wildman–Crippen LogP) is 2.23. The lowest BCUT2D eigenvalue weighted by Crippen LogP contribution is -2.14. The second-order valence-electron chi connectivity index (χ2n) is 4.77. The Balaban J connectivity index is 2.26. The third-order valence-corrected chi connectivity index (χ3v) is 3.11. The van der Waals surface area contributed by atoms with E-state index in [1.165, 1.54) is 0 Å². The first kappa shape index (κ1) is 11.6. The van der Waals surface area contributed by atoms with Gasteiger partial charge < -0.3 is 0 Å². The van der Waals surface area contributed by atoms with E-state index in [2.05, 4.69) is 28.9 Å². The molecule has 0 aliphatic heterocycles. The van der Waals surface area contributed by atoms with Gasteiger partial charge in [-0.15, -0.1) is 0 Å². The van der Waals surface area contributed by atoms with Crippen LogP contribution in [0.4, 0.5) is 0 Å². The number of rotatable bonds is 2. The minimum Gasteiger partial charge on any atom is -0.290 e. The number of fused-ring (bicyclic) bond motifs is 1.